The Kier molecular flexibility index (Phi) is 6.11. The van der Waals surface area contributed by atoms with Crippen LogP contribution in [-0.4, -0.2) is 44.2 Å². The van der Waals surface area contributed by atoms with Crippen LogP contribution in [0.1, 0.15) is 18.4 Å². The summed E-state index contributed by atoms with van der Waals surface area (Å²) >= 11 is 5.75. The van der Waals surface area contributed by atoms with Gasteiger partial charge in [0, 0.05) is 30.8 Å². The molecule has 8 nitrogen and oxygen atoms in total. The minimum absolute atomic E-state index is 0.0901. The zero-order chi connectivity index (χ0) is 23.0. The predicted molar refractivity (Wildman–Crippen MR) is 117 cm³/mol. The maximum absolute atomic E-state index is 13.3. The molecule has 2 amide bonds. The van der Waals surface area contributed by atoms with Crippen molar-refractivity contribution in [2.45, 2.75) is 24.7 Å². The predicted octanol–water partition coefficient (Wildman–Crippen LogP) is 3.16. The second-order valence-electron chi connectivity index (χ2n) is 7.75. The van der Waals surface area contributed by atoms with Crippen molar-refractivity contribution in [3.8, 4) is 5.75 Å². The summed E-state index contributed by atoms with van der Waals surface area (Å²) in [5, 5.41) is 5.27. The lowest BCUT2D eigenvalue weighted by molar-refractivity contribution is -0.121. The number of carbonyl (C=O) groups is 2. The fraction of sp³-hybridized carbons (Fsp3) is 0.333. The number of fused-ring (bicyclic) bond motifs is 1. The highest BCUT2D eigenvalue weighted by Gasteiger charge is 2.34. The van der Waals surface area contributed by atoms with E-state index in [2.05, 4.69) is 10.6 Å². The molecule has 2 aromatic rings. The molecule has 32 heavy (non-hydrogen) atoms. The van der Waals surface area contributed by atoms with Gasteiger partial charge in [0.05, 0.1) is 15.6 Å². The zero-order valence-electron chi connectivity index (χ0n) is 17.2. The number of aryl methyl sites for hydroxylation is 1. The highest BCUT2D eigenvalue weighted by molar-refractivity contribution is 7.89. The molecular formula is C21H21ClFN3O5S. The Balaban J connectivity index is 1.44. The first-order valence-electron chi connectivity index (χ1n) is 9.98. The van der Waals surface area contributed by atoms with Gasteiger partial charge < -0.3 is 15.4 Å². The quantitative estimate of drug-likeness (QED) is 0.698. The maximum atomic E-state index is 13.3. The lowest BCUT2D eigenvalue weighted by Crippen LogP contribution is -2.41. The SMILES string of the molecule is Cc1cc2c(cc1S(=O)(=O)N1CCC(C(=O)Nc3ccc(F)c(Cl)c3)CC1)OCC(=O)N2. The largest absolute Gasteiger partial charge is 0.482 e. The van der Waals surface area contributed by atoms with Crippen molar-refractivity contribution in [1.82, 2.24) is 4.31 Å². The van der Waals surface area contributed by atoms with Gasteiger partial charge in [-0.25, -0.2) is 12.8 Å². The fourth-order valence-corrected chi connectivity index (χ4v) is 5.68. The summed E-state index contributed by atoms with van der Waals surface area (Å²) in [6.45, 7) is 1.84. The number of ether oxygens (including phenoxy) is 1. The highest BCUT2D eigenvalue weighted by atomic mass is 35.5. The molecule has 0 radical (unpaired) electrons. The van der Waals surface area contributed by atoms with Crippen LogP contribution in [0.15, 0.2) is 35.2 Å². The fourth-order valence-electron chi connectivity index (χ4n) is 3.81. The van der Waals surface area contributed by atoms with E-state index in [-0.39, 0.29) is 47.3 Å². The van der Waals surface area contributed by atoms with Gasteiger partial charge in [0.1, 0.15) is 11.6 Å². The van der Waals surface area contributed by atoms with Crippen molar-refractivity contribution in [3.05, 3.63) is 46.7 Å². The summed E-state index contributed by atoms with van der Waals surface area (Å²) in [6.07, 6.45) is 0.688. The molecule has 170 valence electrons. The molecule has 2 N–H and O–H groups in total. The number of anilines is 2. The van der Waals surface area contributed by atoms with Crippen molar-refractivity contribution in [2.24, 2.45) is 5.92 Å². The van der Waals surface area contributed by atoms with Crippen LogP contribution in [0.5, 0.6) is 5.75 Å². The van der Waals surface area contributed by atoms with Gasteiger partial charge in [-0.05, 0) is 49.6 Å². The smallest absolute Gasteiger partial charge is 0.262 e. The first-order chi connectivity index (χ1) is 15.1. The summed E-state index contributed by atoms with van der Waals surface area (Å²) in [7, 11) is -3.81. The second kappa shape index (κ2) is 8.68. The number of hydrogen-bond acceptors (Lipinski definition) is 5. The van der Waals surface area contributed by atoms with E-state index in [1.165, 1.54) is 28.6 Å². The van der Waals surface area contributed by atoms with Gasteiger partial charge in [-0.2, -0.15) is 4.31 Å². The number of carbonyl (C=O) groups excluding carboxylic acids is 2. The highest BCUT2D eigenvalue weighted by Crippen LogP contribution is 2.35. The first-order valence-corrected chi connectivity index (χ1v) is 11.8. The number of amides is 2. The summed E-state index contributed by atoms with van der Waals surface area (Å²) in [6, 6.07) is 6.92. The van der Waals surface area contributed by atoms with E-state index in [1.807, 2.05) is 0 Å². The normalized spacial score (nSPS) is 17.3. The zero-order valence-corrected chi connectivity index (χ0v) is 18.7. The Hall–Kier alpha value is -2.69. The number of benzene rings is 2. The Morgan fingerprint density at radius 1 is 1.25 bits per heavy atom. The average Bonchev–Trinajstić information content (AvgIpc) is 2.75. The van der Waals surface area contributed by atoms with E-state index >= 15 is 0 Å². The Labute approximate surface area is 189 Å². The van der Waals surface area contributed by atoms with Gasteiger partial charge in [0.25, 0.3) is 5.91 Å². The van der Waals surface area contributed by atoms with Gasteiger partial charge in [-0.1, -0.05) is 11.6 Å². The number of rotatable bonds is 4. The molecule has 0 atom stereocenters. The van der Waals surface area contributed by atoms with E-state index in [0.29, 0.717) is 35.5 Å². The third-order valence-electron chi connectivity index (χ3n) is 5.54. The molecule has 0 aliphatic carbocycles. The summed E-state index contributed by atoms with van der Waals surface area (Å²) < 4.78 is 46.4. The van der Waals surface area contributed by atoms with Crippen LogP contribution in [0.3, 0.4) is 0 Å². The second-order valence-corrected chi connectivity index (χ2v) is 10.1. The molecule has 2 aliphatic heterocycles. The molecule has 4 rings (SSSR count). The van der Waals surface area contributed by atoms with Gasteiger partial charge in [-0.3, -0.25) is 9.59 Å². The topological polar surface area (TPSA) is 105 Å². The molecule has 0 spiro atoms. The third kappa shape index (κ3) is 4.43. The van der Waals surface area contributed by atoms with Crippen molar-refractivity contribution in [1.29, 1.82) is 0 Å². The minimum Gasteiger partial charge on any atom is -0.482 e. The van der Waals surface area contributed by atoms with Crippen molar-refractivity contribution in [3.63, 3.8) is 0 Å². The molecule has 2 heterocycles. The van der Waals surface area contributed by atoms with Crippen LogP contribution in [0, 0.1) is 18.7 Å². The van der Waals surface area contributed by atoms with Crippen molar-refractivity contribution in [2.75, 3.05) is 30.3 Å². The van der Waals surface area contributed by atoms with Gasteiger partial charge >= 0.3 is 0 Å². The summed E-state index contributed by atoms with van der Waals surface area (Å²) in [4.78, 5) is 24.2. The molecule has 1 fully saturated rings. The standard InChI is InChI=1S/C21H21ClFN3O5S/c1-12-8-17-18(31-11-20(27)25-17)10-19(12)32(29,30)26-6-4-13(5-7-26)21(28)24-14-2-3-16(23)15(22)9-14/h2-3,8-10,13H,4-7,11H2,1H3,(H,24,28)(H,25,27). The first kappa shape index (κ1) is 22.5. The number of nitrogens with one attached hydrogen (secondary N) is 2. The van der Waals surface area contributed by atoms with Crippen molar-refractivity contribution >= 4 is 44.8 Å². The number of sulfonamides is 1. The molecular weight excluding hydrogens is 461 g/mol. The summed E-state index contributed by atoms with van der Waals surface area (Å²) in [5.41, 5.74) is 1.31. The van der Waals surface area contributed by atoms with Crippen molar-refractivity contribution < 1.29 is 27.1 Å². The Bertz CT molecular complexity index is 1200. The van der Waals surface area contributed by atoms with Crippen LogP contribution in [0.4, 0.5) is 15.8 Å². The molecule has 2 aliphatic rings. The van der Waals surface area contributed by atoms with Crippen LogP contribution in [-0.2, 0) is 19.6 Å². The summed E-state index contributed by atoms with van der Waals surface area (Å²) in [5.74, 6) is -1.21. The monoisotopic (exact) mass is 481 g/mol. The number of halogens is 2. The molecule has 0 bridgehead atoms. The van der Waals surface area contributed by atoms with Crippen LogP contribution in [0.25, 0.3) is 0 Å². The van der Waals surface area contributed by atoms with Crippen LogP contribution < -0.4 is 15.4 Å². The van der Waals surface area contributed by atoms with Crippen LogP contribution >= 0.6 is 11.6 Å². The van der Waals surface area contributed by atoms with E-state index in [1.54, 1.807) is 13.0 Å². The average molecular weight is 482 g/mol. The molecule has 2 aromatic carbocycles. The molecule has 0 unspecified atom stereocenters. The minimum atomic E-state index is -3.81. The molecule has 11 heteroatoms. The Morgan fingerprint density at radius 3 is 2.66 bits per heavy atom. The number of nitrogens with zero attached hydrogens (tertiary/aromatic N) is 1. The van der Waals surface area contributed by atoms with E-state index in [4.69, 9.17) is 16.3 Å². The van der Waals surface area contributed by atoms with Gasteiger partial charge in [0.2, 0.25) is 15.9 Å². The van der Waals surface area contributed by atoms with E-state index < -0.39 is 15.8 Å². The van der Waals surface area contributed by atoms with E-state index in [9.17, 15) is 22.4 Å². The van der Waals surface area contributed by atoms with E-state index in [0.717, 1.165) is 0 Å². The van der Waals surface area contributed by atoms with Crippen LogP contribution in [0.2, 0.25) is 5.02 Å². The maximum Gasteiger partial charge on any atom is 0.262 e. The lowest BCUT2D eigenvalue weighted by atomic mass is 9.97. The van der Waals surface area contributed by atoms with Gasteiger partial charge in [0.15, 0.2) is 6.61 Å². The molecule has 0 saturated carbocycles. The number of piperidine rings is 1. The number of hydrogen-bond donors (Lipinski definition) is 2. The lowest BCUT2D eigenvalue weighted by Gasteiger charge is -2.31. The molecule has 1 saturated heterocycles. The molecule has 0 aromatic heterocycles. The van der Waals surface area contributed by atoms with Gasteiger partial charge in [-0.15, -0.1) is 0 Å². The third-order valence-corrected chi connectivity index (χ3v) is 7.87. The Morgan fingerprint density at radius 2 is 1.97 bits per heavy atom.